The van der Waals surface area contributed by atoms with Crippen molar-refractivity contribution in [3.63, 3.8) is 0 Å². The topological polar surface area (TPSA) is 172 Å². The Labute approximate surface area is 231 Å². The molecule has 2 aromatic carbocycles. The third kappa shape index (κ3) is 16.6. The quantitative estimate of drug-likeness (QED) is 0.127. The van der Waals surface area contributed by atoms with Crippen LogP contribution in [0.25, 0.3) is 0 Å². The number of nitrogens with one attached hydrogen (secondary N) is 2. The summed E-state index contributed by atoms with van der Waals surface area (Å²) in [7, 11) is 2.09. The SMILES string of the molecule is CC(=O)N[C@@H](CSSC[C@H](NC(C)=O)C(=O)[O-])C(=O)[O-].c1ccc(C[NH2+]CC[NH2+]Cc2ccccc2)cc1. The van der Waals surface area contributed by atoms with Crippen LogP contribution in [0.3, 0.4) is 0 Å². The predicted molar refractivity (Wildman–Crippen MR) is 144 cm³/mol. The lowest BCUT2D eigenvalue weighted by atomic mass is 10.2. The second kappa shape index (κ2) is 20.0. The summed E-state index contributed by atoms with van der Waals surface area (Å²) in [6, 6.07) is 19.0. The van der Waals surface area contributed by atoms with Gasteiger partial charge < -0.3 is 41.1 Å². The van der Waals surface area contributed by atoms with E-state index in [1.54, 1.807) is 0 Å². The van der Waals surface area contributed by atoms with Gasteiger partial charge in [-0.3, -0.25) is 9.59 Å². The number of aliphatic carboxylic acids is 2. The van der Waals surface area contributed by atoms with Crippen LogP contribution in [0, 0.1) is 0 Å². The highest BCUT2D eigenvalue weighted by molar-refractivity contribution is 8.76. The molecule has 0 aliphatic heterocycles. The minimum Gasteiger partial charge on any atom is -0.548 e. The van der Waals surface area contributed by atoms with E-state index < -0.39 is 35.8 Å². The maximum atomic E-state index is 10.8. The van der Waals surface area contributed by atoms with Crippen LogP contribution in [-0.4, -0.2) is 60.4 Å². The van der Waals surface area contributed by atoms with Crippen molar-refractivity contribution in [2.45, 2.75) is 39.0 Å². The molecule has 0 heterocycles. The summed E-state index contributed by atoms with van der Waals surface area (Å²) < 4.78 is 0. The summed E-state index contributed by atoms with van der Waals surface area (Å²) in [5, 5.41) is 30.5. The molecule has 10 nitrogen and oxygen atoms in total. The van der Waals surface area contributed by atoms with Crippen molar-refractivity contribution < 1.29 is 40.0 Å². The van der Waals surface area contributed by atoms with Gasteiger partial charge in [0.2, 0.25) is 11.8 Å². The maximum Gasteiger partial charge on any atom is 0.217 e. The summed E-state index contributed by atoms with van der Waals surface area (Å²) in [5.74, 6) is -3.84. The van der Waals surface area contributed by atoms with Crippen LogP contribution in [0.5, 0.6) is 0 Å². The minimum absolute atomic E-state index is 0.00637. The summed E-state index contributed by atoms with van der Waals surface area (Å²) in [4.78, 5) is 42.9. The fourth-order valence-corrected chi connectivity index (χ4v) is 5.36. The number of hydrogen-bond donors (Lipinski definition) is 4. The standard InChI is InChI=1S/C16H20N2.C10H16N2O6S2/c1-3-7-15(8-4-1)13-17-11-12-18-14-16-9-5-2-6-10-16;1-5(13)11-7(9(15)16)3-19-20-4-8(10(17)18)12-6(2)14/h1-10,17-18H,11-14H2;7-8H,3-4H2,1-2H3,(H,11,13)(H,12,14)(H,15,16)(H,17,18)/t;7-,8-/m.0/s1. The van der Waals surface area contributed by atoms with E-state index in [2.05, 4.69) is 81.9 Å². The Hall–Kier alpha value is -3.06. The molecule has 2 atom stereocenters. The van der Waals surface area contributed by atoms with Crippen molar-refractivity contribution in [1.82, 2.24) is 10.6 Å². The van der Waals surface area contributed by atoms with Gasteiger partial charge in [-0.05, 0) is 0 Å². The number of quaternary nitrogens is 2. The van der Waals surface area contributed by atoms with E-state index in [0.717, 1.165) is 34.7 Å². The average molecular weight is 565 g/mol. The molecule has 2 amide bonds. The molecule has 6 N–H and O–H groups in total. The first-order chi connectivity index (χ1) is 18.2. The van der Waals surface area contributed by atoms with E-state index in [1.807, 2.05) is 0 Å². The first-order valence-electron chi connectivity index (χ1n) is 12.1. The van der Waals surface area contributed by atoms with Crippen LogP contribution in [0.4, 0.5) is 0 Å². The lowest BCUT2D eigenvalue weighted by Gasteiger charge is -2.20. The van der Waals surface area contributed by atoms with Crippen LogP contribution in [0.1, 0.15) is 25.0 Å². The molecule has 0 spiro atoms. The van der Waals surface area contributed by atoms with Gasteiger partial charge in [-0.1, -0.05) is 82.3 Å². The van der Waals surface area contributed by atoms with Crippen LogP contribution in [-0.2, 0) is 32.3 Å². The first kappa shape index (κ1) is 33.0. The Balaban J connectivity index is 0.000000381. The number of carbonyl (C=O) groups is 4. The second-order valence-corrected chi connectivity index (χ2v) is 10.8. The Morgan fingerprint density at radius 1 is 0.684 bits per heavy atom. The molecule has 12 heteroatoms. The van der Waals surface area contributed by atoms with Gasteiger partial charge in [-0.2, -0.15) is 0 Å². The minimum atomic E-state index is -1.42. The van der Waals surface area contributed by atoms with Gasteiger partial charge in [0, 0.05) is 36.5 Å². The first-order valence-corrected chi connectivity index (χ1v) is 14.6. The van der Waals surface area contributed by atoms with Gasteiger partial charge in [-0.25, -0.2) is 0 Å². The molecule has 0 fully saturated rings. The number of nitrogens with two attached hydrogens (primary N) is 2. The molecular formula is C26H36N4O6S2. The number of rotatable bonds is 16. The molecule has 0 bridgehead atoms. The van der Waals surface area contributed by atoms with Crippen LogP contribution in [0.15, 0.2) is 60.7 Å². The monoisotopic (exact) mass is 564 g/mol. The Morgan fingerprint density at radius 3 is 1.32 bits per heavy atom. The molecule has 0 aliphatic carbocycles. The van der Waals surface area contributed by atoms with Crippen molar-refractivity contribution in [1.29, 1.82) is 0 Å². The summed E-state index contributed by atoms with van der Waals surface area (Å²) >= 11 is 0. The zero-order valence-corrected chi connectivity index (χ0v) is 23.2. The van der Waals surface area contributed by atoms with E-state index in [9.17, 15) is 29.4 Å². The predicted octanol–water partition coefficient (Wildman–Crippen LogP) is -2.61. The molecule has 0 aromatic heterocycles. The molecule has 2 rings (SSSR count). The Kier molecular flexibility index (Phi) is 17.3. The molecule has 2 aromatic rings. The van der Waals surface area contributed by atoms with Gasteiger partial charge in [0.1, 0.15) is 26.2 Å². The van der Waals surface area contributed by atoms with Crippen molar-refractivity contribution in [3.8, 4) is 0 Å². The smallest absolute Gasteiger partial charge is 0.217 e. The van der Waals surface area contributed by atoms with Gasteiger partial charge in [0.25, 0.3) is 0 Å². The van der Waals surface area contributed by atoms with E-state index >= 15 is 0 Å². The van der Waals surface area contributed by atoms with E-state index in [4.69, 9.17) is 0 Å². The van der Waals surface area contributed by atoms with Crippen LogP contribution >= 0.6 is 21.6 Å². The number of benzene rings is 2. The van der Waals surface area contributed by atoms with Crippen LogP contribution < -0.4 is 31.5 Å². The van der Waals surface area contributed by atoms with Crippen molar-refractivity contribution in [3.05, 3.63) is 71.8 Å². The maximum absolute atomic E-state index is 10.8. The molecule has 0 aliphatic rings. The van der Waals surface area contributed by atoms with E-state index in [1.165, 1.54) is 38.1 Å². The number of carbonyl (C=O) groups excluding carboxylic acids is 4. The zero-order chi connectivity index (χ0) is 28.2. The molecule has 0 unspecified atom stereocenters. The number of carboxylic acid groups (broad SMARTS) is 2. The highest BCUT2D eigenvalue weighted by atomic mass is 33.1. The average Bonchev–Trinajstić information content (AvgIpc) is 2.88. The molecular weight excluding hydrogens is 528 g/mol. The molecule has 38 heavy (non-hydrogen) atoms. The van der Waals surface area contributed by atoms with Gasteiger partial charge in [0.05, 0.1) is 24.0 Å². The Morgan fingerprint density at radius 2 is 1.03 bits per heavy atom. The van der Waals surface area contributed by atoms with Gasteiger partial charge in [-0.15, -0.1) is 0 Å². The lowest BCUT2D eigenvalue weighted by Crippen LogP contribution is -2.93. The van der Waals surface area contributed by atoms with Crippen molar-refractivity contribution in [2.75, 3.05) is 24.6 Å². The van der Waals surface area contributed by atoms with E-state index in [-0.39, 0.29) is 11.5 Å². The second-order valence-electron chi connectivity index (χ2n) is 8.25. The number of hydrogen-bond acceptors (Lipinski definition) is 8. The normalized spacial score (nSPS) is 11.8. The summed E-state index contributed by atoms with van der Waals surface area (Å²) in [6.45, 7) is 6.86. The fraction of sp³-hybridized carbons (Fsp3) is 0.385. The lowest BCUT2D eigenvalue weighted by molar-refractivity contribution is -0.738. The molecule has 208 valence electrons. The summed E-state index contributed by atoms with van der Waals surface area (Å²) in [5.41, 5.74) is 2.81. The highest BCUT2D eigenvalue weighted by Gasteiger charge is 2.14. The largest absolute Gasteiger partial charge is 0.548 e. The van der Waals surface area contributed by atoms with E-state index in [0.29, 0.717) is 0 Å². The third-order valence-electron chi connectivity index (χ3n) is 4.90. The molecule has 0 saturated carbocycles. The van der Waals surface area contributed by atoms with Gasteiger partial charge >= 0.3 is 0 Å². The number of carboxylic acids is 2. The van der Waals surface area contributed by atoms with Gasteiger partial charge in [0.15, 0.2) is 0 Å². The van der Waals surface area contributed by atoms with Crippen LogP contribution in [0.2, 0.25) is 0 Å². The van der Waals surface area contributed by atoms with Crippen molar-refractivity contribution in [2.24, 2.45) is 0 Å². The summed E-state index contributed by atoms with van der Waals surface area (Å²) in [6.07, 6.45) is 0. The third-order valence-corrected chi connectivity index (χ3v) is 7.32. The zero-order valence-electron chi connectivity index (χ0n) is 21.6. The number of amides is 2. The van der Waals surface area contributed by atoms with Crippen molar-refractivity contribution >= 4 is 45.3 Å². The molecule has 0 saturated heterocycles. The highest BCUT2D eigenvalue weighted by Crippen LogP contribution is 2.22. The Bertz CT molecular complexity index is 903. The molecule has 0 radical (unpaired) electrons. The fourth-order valence-electron chi connectivity index (χ4n) is 3.06.